The van der Waals surface area contributed by atoms with E-state index in [0.29, 0.717) is 17.2 Å². The molecule has 0 spiro atoms. The molecule has 33 heavy (non-hydrogen) atoms. The summed E-state index contributed by atoms with van der Waals surface area (Å²) < 4.78 is 75.4. The molecule has 3 rings (SSSR count). The number of ether oxygens (including phenoxy) is 2. The van der Waals surface area contributed by atoms with Crippen LogP contribution in [0.2, 0.25) is 0 Å². The van der Waals surface area contributed by atoms with Crippen LogP contribution >= 0.6 is 0 Å². The summed E-state index contributed by atoms with van der Waals surface area (Å²) in [5.41, 5.74) is -0.131. The van der Waals surface area contributed by atoms with Crippen molar-refractivity contribution in [2.75, 3.05) is 20.2 Å². The van der Waals surface area contributed by atoms with Crippen LogP contribution in [0.1, 0.15) is 34.3 Å². The number of sulfonamides is 1. The molecular weight excluding hydrogens is 463 g/mol. The fourth-order valence-electron chi connectivity index (χ4n) is 3.49. The third-order valence-electron chi connectivity index (χ3n) is 5.32. The van der Waals surface area contributed by atoms with Gasteiger partial charge in [0.05, 0.1) is 29.1 Å². The van der Waals surface area contributed by atoms with Crippen LogP contribution in [-0.4, -0.2) is 44.9 Å². The van der Waals surface area contributed by atoms with Gasteiger partial charge in [0.25, 0.3) is 0 Å². The van der Waals surface area contributed by atoms with Gasteiger partial charge in [0.2, 0.25) is 10.0 Å². The predicted molar refractivity (Wildman–Crippen MR) is 111 cm³/mol. The number of nitrogens with zero attached hydrogens (tertiary/aromatic N) is 1. The predicted octanol–water partition coefficient (Wildman–Crippen LogP) is 3.64. The van der Waals surface area contributed by atoms with Crippen LogP contribution < -0.4 is 0 Å². The molecule has 2 aromatic rings. The lowest BCUT2D eigenvalue weighted by Crippen LogP contribution is -2.40. The summed E-state index contributed by atoms with van der Waals surface area (Å²) in [5, 5.41) is 0. The molecule has 0 aromatic heterocycles. The van der Waals surface area contributed by atoms with Crippen molar-refractivity contribution in [3.05, 3.63) is 65.2 Å². The highest BCUT2D eigenvalue weighted by Crippen LogP contribution is 2.32. The van der Waals surface area contributed by atoms with E-state index in [9.17, 15) is 31.2 Å². The summed E-state index contributed by atoms with van der Waals surface area (Å²) >= 11 is 0. The Labute approximate surface area is 189 Å². The Hall–Kier alpha value is -2.92. The summed E-state index contributed by atoms with van der Waals surface area (Å²) in [6, 6.07) is 10.0. The van der Waals surface area contributed by atoms with Crippen molar-refractivity contribution in [3.63, 3.8) is 0 Å². The summed E-state index contributed by atoms with van der Waals surface area (Å²) in [6.45, 7) is -0.0985. The van der Waals surface area contributed by atoms with Crippen LogP contribution in [0.25, 0.3) is 0 Å². The number of alkyl halides is 3. The van der Waals surface area contributed by atoms with E-state index >= 15 is 0 Å². The average Bonchev–Trinajstić information content (AvgIpc) is 2.81. The Morgan fingerprint density at radius 3 is 2.36 bits per heavy atom. The Morgan fingerprint density at radius 1 is 1.06 bits per heavy atom. The summed E-state index contributed by atoms with van der Waals surface area (Å²) in [7, 11) is -2.87. The molecule has 2 aromatic carbocycles. The van der Waals surface area contributed by atoms with E-state index in [1.807, 2.05) is 0 Å². The van der Waals surface area contributed by atoms with Gasteiger partial charge in [0.15, 0.2) is 0 Å². The van der Waals surface area contributed by atoms with E-state index in [1.165, 1.54) is 7.11 Å². The summed E-state index contributed by atoms with van der Waals surface area (Å²) in [4.78, 5) is 23.6. The zero-order chi connectivity index (χ0) is 24.2. The van der Waals surface area contributed by atoms with Gasteiger partial charge in [-0.3, -0.25) is 4.79 Å². The van der Waals surface area contributed by atoms with E-state index in [2.05, 4.69) is 4.74 Å². The maximum atomic E-state index is 12.9. The largest absolute Gasteiger partial charge is 0.465 e. The molecule has 0 N–H and O–H groups in total. The number of piperidine rings is 1. The molecule has 0 saturated carbocycles. The molecule has 1 aliphatic rings. The minimum atomic E-state index is -4.65. The van der Waals surface area contributed by atoms with Gasteiger partial charge in [-0.25, -0.2) is 13.2 Å². The highest BCUT2D eigenvalue weighted by atomic mass is 32.2. The van der Waals surface area contributed by atoms with Gasteiger partial charge < -0.3 is 9.47 Å². The van der Waals surface area contributed by atoms with Gasteiger partial charge in [-0.05, 0) is 48.7 Å². The van der Waals surface area contributed by atoms with Crippen molar-refractivity contribution in [2.24, 2.45) is 5.92 Å². The molecule has 0 radical (unpaired) electrons. The lowest BCUT2D eigenvalue weighted by molar-refractivity contribution is -0.151. The molecular formula is C22H22F3NO6S. The topological polar surface area (TPSA) is 90.0 Å². The van der Waals surface area contributed by atoms with Crippen molar-refractivity contribution < 1.29 is 40.7 Å². The molecule has 178 valence electrons. The van der Waals surface area contributed by atoms with Crippen molar-refractivity contribution in [2.45, 2.75) is 30.5 Å². The maximum absolute atomic E-state index is 12.9. The van der Waals surface area contributed by atoms with Gasteiger partial charge in [-0.15, -0.1) is 0 Å². The molecule has 0 amide bonds. The van der Waals surface area contributed by atoms with E-state index in [-0.39, 0.29) is 32.5 Å². The molecule has 1 saturated heterocycles. The molecule has 0 atom stereocenters. The highest BCUT2D eigenvalue weighted by molar-refractivity contribution is 7.89. The van der Waals surface area contributed by atoms with Crippen molar-refractivity contribution in [1.82, 2.24) is 4.31 Å². The van der Waals surface area contributed by atoms with E-state index in [1.54, 1.807) is 24.3 Å². The van der Waals surface area contributed by atoms with Crippen molar-refractivity contribution >= 4 is 22.0 Å². The lowest BCUT2D eigenvalue weighted by atomic mass is 9.98. The van der Waals surface area contributed by atoms with Crippen LogP contribution in [0.15, 0.2) is 53.4 Å². The third-order valence-corrected chi connectivity index (χ3v) is 7.21. The zero-order valence-electron chi connectivity index (χ0n) is 17.7. The third kappa shape index (κ3) is 5.91. The Balaban J connectivity index is 1.58. The molecule has 1 fully saturated rings. The number of rotatable bonds is 6. The molecule has 11 heteroatoms. The van der Waals surface area contributed by atoms with Gasteiger partial charge in [-0.1, -0.05) is 18.2 Å². The van der Waals surface area contributed by atoms with E-state index in [0.717, 1.165) is 22.5 Å². The van der Waals surface area contributed by atoms with E-state index in [4.69, 9.17) is 4.74 Å². The lowest BCUT2D eigenvalue weighted by Gasteiger charge is -2.30. The van der Waals surface area contributed by atoms with Crippen LogP contribution in [0, 0.1) is 5.92 Å². The van der Waals surface area contributed by atoms with Crippen LogP contribution in [0.4, 0.5) is 13.2 Å². The van der Waals surface area contributed by atoms with Gasteiger partial charge in [-0.2, -0.15) is 17.5 Å². The summed E-state index contributed by atoms with van der Waals surface area (Å²) in [6.07, 6.45) is -4.29. The Morgan fingerprint density at radius 2 is 1.73 bits per heavy atom. The minimum Gasteiger partial charge on any atom is -0.465 e. The number of carbonyl (C=O) groups is 2. The second-order valence-electron chi connectivity index (χ2n) is 7.50. The first-order chi connectivity index (χ1) is 15.5. The van der Waals surface area contributed by atoms with Crippen LogP contribution in [0.3, 0.4) is 0 Å². The summed E-state index contributed by atoms with van der Waals surface area (Å²) in [5.74, 6) is -1.56. The molecule has 1 heterocycles. The smallest absolute Gasteiger partial charge is 0.416 e. The number of hydrogen-bond acceptors (Lipinski definition) is 6. The van der Waals surface area contributed by atoms with Crippen LogP contribution in [0.5, 0.6) is 0 Å². The SMILES string of the molecule is COC(=O)c1cccc(COC(=O)C2CCN(S(=O)(=O)c3cccc(C(F)(F)F)c3)CC2)c1. The van der Waals surface area contributed by atoms with Gasteiger partial charge in [0, 0.05) is 13.1 Å². The van der Waals surface area contributed by atoms with Crippen molar-refractivity contribution in [3.8, 4) is 0 Å². The number of halogens is 3. The molecule has 1 aliphatic heterocycles. The van der Waals surface area contributed by atoms with Gasteiger partial charge in [0.1, 0.15) is 6.61 Å². The standard InChI is InChI=1S/C22H22F3NO6S/c1-31-20(27)17-5-2-4-15(12-17)14-32-21(28)16-8-10-26(11-9-16)33(29,30)19-7-3-6-18(13-19)22(23,24)25/h2-7,12-13,16H,8-11,14H2,1H3. The Bertz CT molecular complexity index is 1120. The fraction of sp³-hybridized carbons (Fsp3) is 0.364. The highest BCUT2D eigenvalue weighted by Gasteiger charge is 2.35. The molecule has 0 bridgehead atoms. The minimum absolute atomic E-state index is 0.0177. The zero-order valence-corrected chi connectivity index (χ0v) is 18.5. The number of methoxy groups -OCH3 is 1. The average molecular weight is 485 g/mol. The van der Waals surface area contributed by atoms with E-state index < -0.39 is 44.5 Å². The molecule has 0 unspecified atom stereocenters. The first kappa shape index (κ1) is 24.7. The maximum Gasteiger partial charge on any atom is 0.416 e. The second-order valence-corrected chi connectivity index (χ2v) is 9.44. The first-order valence-corrected chi connectivity index (χ1v) is 11.5. The molecule has 7 nitrogen and oxygen atoms in total. The van der Waals surface area contributed by atoms with Crippen LogP contribution in [-0.2, 0) is 37.1 Å². The van der Waals surface area contributed by atoms with Crippen molar-refractivity contribution in [1.29, 1.82) is 0 Å². The number of benzene rings is 2. The second kappa shape index (κ2) is 9.92. The number of esters is 2. The van der Waals surface area contributed by atoms with Gasteiger partial charge >= 0.3 is 18.1 Å². The molecule has 0 aliphatic carbocycles. The normalized spacial score (nSPS) is 15.8. The number of carbonyl (C=O) groups excluding carboxylic acids is 2. The monoisotopic (exact) mass is 485 g/mol. The number of hydrogen-bond donors (Lipinski definition) is 0. The fourth-order valence-corrected chi connectivity index (χ4v) is 5.01. The Kier molecular flexibility index (Phi) is 7.43. The quantitative estimate of drug-likeness (QED) is 0.581. The first-order valence-electron chi connectivity index (χ1n) is 10.0.